The molecule has 0 saturated heterocycles. The van der Waals surface area contributed by atoms with Gasteiger partial charge in [-0.3, -0.25) is 14.4 Å². The van der Waals surface area contributed by atoms with Crippen LogP contribution in [0.15, 0.2) is 41.5 Å². The fourth-order valence-electron chi connectivity index (χ4n) is 2.26. The highest BCUT2D eigenvalue weighted by Crippen LogP contribution is 2.31. The molecule has 3 rings (SSSR count). The van der Waals surface area contributed by atoms with Gasteiger partial charge in [0.05, 0.1) is 5.69 Å². The molecule has 1 aromatic heterocycles. The fourth-order valence-corrected chi connectivity index (χ4v) is 2.43. The molecule has 1 aromatic carbocycles. The monoisotopic (exact) mass is 331 g/mol. The molecule has 2 heterocycles. The van der Waals surface area contributed by atoms with Crippen LogP contribution in [0.25, 0.3) is 0 Å². The summed E-state index contributed by atoms with van der Waals surface area (Å²) in [6.07, 6.45) is 1.55. The van der Waals surface area contributed by atoms with Crippen molar-refractivity contribution in [3.05, 3.63) is 52.8 Å². The van der Waals surface area contributed by atoms with Crippen LogP contribution in [0.2, 0.25) is 5.02 Å². The number of nitrogens with zero attached hydrogens (tertiary/aromatic N) is 1. The van der Waals surface area contributed by atoms with Gasteiger partial charge in [-0.05, 0) is 30.3 Å². The van der Waals surface area contributed by atoms with Crippen molar-refractivity contribution in [1.82, 2.24) is 10.3 Å². The number of carboxylic acid groups (broad SMARTS) is 1. The number of Topliss-reactive ketones (excluding diaryl/α,β-unsaturated/α-hetero) is 1. The summed E-state index contributed by atoms with van der Waals surface area (Å²) in [4.78, 5) is 42.7. The Bertz CT molecular complexity index is 842. The molecular formula is C15H10ClN3O4. The third-order valence-electron chi connectivity index (χ3n) is 3.33. The summed E-state index contributed by atoms with van der Waals surface area (Å²) < 4.78 is 0. The summed E-state index contributed by atoms with van der Waals surface area (Å²) in [5, 5.41) is 12.0. The number of carboxylic acids is 1. The number of rotatable bonds is 2. The lowest BCUT2D eigenvalue weighted by atomic mass is 9.92. The van der Waals surface area contributed by atoms with E-state index in [4.69, 9.17) is 11.6 Å². The van der Waals surface area contributed by atoms with Crippen LogP contribution >= 0.6 is 11.6 Å². The highest BCUT2D eigenvalue weighted by atomic mass is 35.5. The van der Waals surface area contributed by atoms with Crippen molar-refractivity contribution in [2.24, 2.45) is 10.9 Å². The Kier molecular flexibility index (Phi) is 3.71. The smallest absolute Gasteiger partial charge is 0.322 e. The van der Waals surface area contributed by atoms with Gasteiger partial charge in [-0.2, -0.15) is 0 Å². The number of amidine groups is 1. The van der Waals surface area contributed by atoms with Gasteiger partial charge in [0.2, 0.25) is 0 Å². The summed E-state index contributed by atoms with van der Waals surface area (Å²) in [7, 11) is 0. The van der Waals surface area contributed by atoms with Crippen molar-refractivity contribution in [2.45, 2.75) is 0 Å². The van der Waals surface area contributed by atoms with Gasteiger partial charge in [-0.25, -0.2) is 4.99 Å². The van der Waals surface area contributed by atoms with Crippen LogP contribution in [0.5, 0.6) is 0 Å². The molecular weight excluding hydrogens is 322 g/mol. The second kappa shape index (κ2) is 5.69. The van der Waals surface area contributed by atoms with Gasteiger partial charge < -0.3 is 15.4 Å². The second-order valence-corrected chi connectivity index (χ2v) is 5.27. The maximum absolute atomic E-state index is 12.4. The highest BCUT2D eigenvalue weighted by Gasteiger charge is 2.38. The first-order chi connectivity index (χ1) is 11.0. The summed E-state index contributed by atoms with van der Waals surface area (Å²) in [5.74, 6) is -4.43. The molecule has 116 valence electrons. The lowest BCUT2D eigenvalue weighted by Gasteiger charge is -2.21. The average Bonchev–Trinajstić information content (AvgIpc) is 3.00. The van der Waals surface area contributed by atoms with Crippen LogP contribution in [0.1, 0.15) is 20.8 Å². The topological polar surface area (TPSA) is 112 Å². The molecule has 0 aliphatic carbocycles. The molecule has 8 heteroatoms. The van der Waals surface area contributed by atoms with E-state index in [1.165, 1.54) is 24.3 Å². The molecule has 0 fully saturated rings. The number of ketones is 1. The summed E-state index contributed by atoms with van der Waals surface area (Å²) in [5.41, 5.74) is 0.600. The maximum Gasteiger partial charge on any atom is 0.322 e. The second-order valence-electron chi connectivity index (χ2n) is 4.83. The third-order valence-corrected chi connectivity index (χ3v) is 3.57. The number of H-pyrrole nitrogens is 1. The van der Waals surface area contributed by atoms with Crippen LogP contribution in [-0.2, 0) is 4.79 Å². The predicted molar refractivity (Wildman–Crippen MR) is 82.3 cm³/mol. The van der Waals surface area contributed by atoms with Crippen LogP contribution < -0.4 is 5.32 Å². The number of carbonyl (C=O) groups excluding carboxylic acids is 2. The molecule has 1 aliphatic heterocycles. The number of halogens is 1. The Balaban J connectivity index is 2.02. The molecule has 0 saturated carbocycles. The number of aromatic nitrogens is 1. The Morgan fingerprint density at radius 2 is 2.09 bits per heavy atom. The van der Waals surface area contributed by atoms with E-state index in [2.05, 4.69) is 15.3 Å². The van der Waals surface area contributed by atoms with Crippen molar-refractivity contribution >= 4 is 40.8 Å². The zero-order chi connectivity index (χ0) is 16.6. The van der Waals surface area contributed by atoms with E-state index >= 15 is 0 Å². The Labute approximate surface area is 135 Å². The van der Waals surface area contributed by atoms with E-state index in [9.17, 15) is 19.5 Å². The lowest BCUT2D eigenvalue weighted by molar-refractivity contribution is -0.138. The molecule has 1 atom stereocenters. The van der Waals surface area contributed by atoms with Crippen LogP contribution in [-0.4, -0.2) is 33.6 Å². The van der Waals surface area contributed by atoms with E-state index in [-0.39, 0.29) is 22.8 Å². The van der Waals surface area contributed by atoms with Gasteiger partial charge >= 0.3 is 5.97 Å². The molecule has 1 unspecified atom stereocenters. The number of benzene rings is 1. The molecule has 7 nitrogen and oxygen atoms in total. The minimum atomic E-state index is -1.57. The fraction of sp³-hybridized carbons (Fsp3) is 0.0667. The number of aliphatic imine (C=N–C) groups is 1. The number of amides is 1. The van der Waals surface area contributed by atoms with Crippen LogP contribution in [0.3, 0.4) is 0 Å². The Hall–Kier alpha value is -2.93. The number of aliphatic carboxylic acids is 1. The average molecular weight is 332 g/mol. The molecule has 0 bridgehead atoms. The van der Waals surface area contributed by atoms with Gasteiger partial charge in [0.1, 0.15) is 11.5 Å². The quantitative estimate of drug-likeness (QED) is 0.731. The number of hydrogen-bond acceptors (Lipinski definition) is 4. The predicted octanol–water partition coefficient (Wildman–Crippen LogP) is 2.03. The van der Waals surface area contributed by atoms with Gasteiger partial charge in [0.15, 0.2) is 11.7 Å². The van der Waals surface area contributed by atoms with E-state index < -0.39 is 23.6 Å². The molecule has 1 amide bonds. The van der Waals surface area contributed by atoms with Crippen molar-refractivity contribution in [3.63, 3.8) is 0 Å². The maximum atomic E-state index is 12.4. The standard InChI is InChI=1S/C15H10ClN3O4/c16-7-3-4-8-10(6-7)18-13(11(12(8)20)15(22)23)19-14(21)9-2-1-5-17-9/h1-6,11,17H,(H,22,23)(H,18,19,21). The van der Waals surface area contributed by atoms with E-state index in [1.54, 1.807) is 12.3 Å². The van der Waals surface area contributed by atoms with Crippen LogP contribution in [0, 0.1) is 5.92 Å². The highest BCUT2D eigenvalue weighted by molar-refractivity contribution is 6.32. The van der Waals surface area contributed by atoms with Crippen LogP contribution in [0.4, 0.5) is 5.69 Å². The van der Waals surface area contributed by atoms with Gasteiger partial charge in [-0.15, -0.1) is 0 Å². The number of fused-ring (bicyclic) bond motifs is 1. The first kappa shape index (κ1) is 15.0. The number of hydrogen-bond donors (Lipinski definition) is 3. The zero-order valence-electron chi connectivity index (χ0n) is 11.5. The Morgan fingerprint density at radius 3 is 2.74 bits per heavy atom. The van der Waals surface area contributed by atoms with Gasteiger partial charge in [0.25, 0.3) is 5.91 Å². The number of nitrogens with one attached hydrogen (secondary N) is 2. The van der Waals surface area contributed by atoms with Crippen molar-refractivity contribution in [2.75, 3.05) is 0 Å². The first-order valence-electron chi connectivity index (χ1n) is 6.57. The third kappa shape index (κ3) is 2.74. The Morgan fingerprint density at radius 1 is 1.30 bits per heavy atom. The number of aromatic amines is 1. The minimum absolute atomic E-state index is 0.152. The lowest BCUT2D eigenvalue weighted by Crippen LogP contribution is -2.44. The van der Waals surface area contributed by atoms with E-state index in [1.807, 2.05) is 0 Å². The normalized spacial score (nSPS) is 16.5. The van der Waals surface area contributed by atoms with Crippen molar-refractivity contribution in [1.29, 1.82) is 0 Å². The van der Waals surface area contributed by atoms with Gasteiger partial charge in [0, 0.05) is 16.8 Å². The molecule has 0 radical (unpaired) electrons. The van der Waals surface area contributed by atoms with Gasteiger partial charge in [-0.1, -0.05) is 11.6 Å². The molecule has 3 N–H and O–H groups in total. The first-order valence-corrected chi connectivity index (χ1v) is 6.95. The largest absolute Gasteiger partial charge is 0.480 e. The molecule has 0 spiro atoms. The number of carbonyl (C=O) groups is 3. The molecule has 1 aliphatic rings. The van der Waals surface area contributed by atoms with E-state index in [0.29, 0.717) is 5.02 Å². The van der Waals surface area contributed by atoms with Crippen molar-refractivity contribution in [3.8, 4) is 0 Å². The molecule has 2 aromatic rings. The van der Waals surface area contributed by atoms with Crippen molar-refractivity contribution < 1.29 is 19.5 Å². The summed E-state index contributed by atoms with van der Waals surface area (Å²) in [6.45, 7) is 0. The zero-order valence-corrected chi connectivity index (χ0v) is 12.3. The van der Waals surface area contributed by atoms with E-state index in [0.717, 1.165) is 0 Å². The summed E-state index contributed by atoms with van der Waals surface area (Å²) >= 11 is 5.87. The SMILES string of the molecule is O=C(NC1=Nc2cc(Cl)ccc2C(=O)C1C(=O)O)c1ccc[nH]1. The summed E-state index contributed by atoms with van der Waals surface area (Å²) in [6, 6.07) is 7.47. The minimum Gasteiger partial charge on any atom is -0.480 e. The molecule has 23 heavy (non-hydrogen) atoms.